The van der Waals surface area contributed by atoms with E-state index in [1.54, 1.807) is 6.92 Å². The summed E-state index contributed by atoms with van der Waals surface area (Å²) >= 11 is 0. The van der Waals surface area contributed by atoms with Crippen molar-refractivity contribution in [1.82, 2.24) is 4.31 Å². The summed E-state index contributed by atoms with van der Waals surface area (Å²) in [5, 5.41) is 8.73. The van der Waals surface area contributed by atoms with E-state index in [1.807, 2.05) is 0 Å². The Kier molecular flexibility index (Phi) is 5.74. The van der Waals surface area contributed by atoms with Gasteiger partial charge in [0, 0.05) is 19.5 Å². The van der Waals surface area contributed by atoms with Crippen molar-refractivity contribution >= 4 is 22.0 Å². The van der Waals surface area contributed by atoms with Crippen LogP contribution in [0.2, 0.25) is 0 Å². The van der Waals surface area contributed by atoms with Crippen LogP contribution in [-0.4, -0.2) is 55.2 Å². The van der Waals surface area contributed by atoms with Crippen molar-refractivity contribution in [1.29, 1.82) is 0 Å². The highest BCUT2D eigenvalue weighted by Crippen LogP contribution is 2.22. The minimum atomic E-state index is -3.71. The first-order valence-corrected chi connectivity index (χ1v) is 7.81. The molecule has 0 aromatic rings. The maximum absolute atomic E-state index is 12.0. The fraction of sp³-hybridized carbons (Fsp3) is 0.818. The lowest BCUT2D eigenvalue weighted by atomic mass is 9.96. The Hall–Kier alpha value is -1.15. The minimum absolute atomic E-state index is 0.0502. The van der Waals surface area contributed by atoms with Crippen LogP contribution >= 0.6 is 0 Å². The van der Waals surface area contributed by atoms with E-state index < -0.39 is 27.7 Å². The molecule has 0 aromatic heterocycles. The zero-order valence-electron chi connectivity index (χ0n) is 10.9. The van der Waals surface area contributed by atoms with Crippen LogP contribution in [0.1, 0.15) is 26.2 Å². The lowest BCUT2D eigenvalue weighted by Crippen LogP contribution is -2.43. The molecule has 110 valence electrons. The van der Waals surface area contributed by atoms with Crippen molar-refractivity contribution in [3.8, 4) is 0 Å². The van der Waals surface area contributed by atoms with Crippen molar-refractivity contribution in [2.24, 2.45) is 5.92 Å². The van der Waals surface area contributed by atoms with E-state index in [1.165, 1.54) is 4.31 Å². The van der Waals surface area contributed by atoms with Crippen molar-refractivity contribution in [3.05, 3.63) is 0 Å². The van der Waals surface area contributed by atoms with Crippen LogP contribution in [0.25, 0.3) is 0 Å². The standard InChI is InChI=1S/C11H19NO6S/c1-2-18-11(15)8-19(16,17)12-5-3-4-9(7-12)6-10(13)14/h9H,2-8H2,1H3,(H,13,14). The molecule has 1 aliphatic heterocycles. The fourth-order valence-electron chi connectivity index (χ4n) is 2.14. The third-order valence-corrected chi connectivity index (χ3v) is 4.66. The first-order chi connectivity index (χ1) is 8.85. The molecule has 0 saturated carbocycles. The molecule has 0 spiro atoms. The maximum atomic E-state index is 12.0. The molecule has 0 amide bonds. The molecule has 0 bridgehead atoms. The van der Waals surface area contributed by atoms with E-state index >= 15 is 0 Å². The van der Waals surface area contributed by atoms with E-state index in [9.17, 15) is 18.0 Å². The Labute approximate surface area is 112 Å². The quantitative estimate of drug-likeness (QED) is 0.695. The summed E-state index contributed by atoms with van der Waals surface area (Å²) < 4.78 is 29.8. The second-order valence-electron chi connectivity index (χ2n) is 4.53. The van der Waals surface area contributed by atoms with E-state index in [4.69, 9.17) is 5.11 Å². The molecule has 0 radical (unpaired) electrons. The first kappa shape index (κ1) is 15.9. The molecule has 19 heavy (non-hydrogen) atoms. The van der Waals surface area contributed by atoms with Crippen molar-refractivity contribution in [3.63, 3.8) is 0 Å². The number of hydrogen-bond acceptors (Lipinski definition) is 5. The molecular formula is C11H19NO6S. The van der Waals surface area contributed by atoms with E-state index in [-0.39, 0.29) is 25.5 Å². The number of piperidine rings is 1. The number of aliphatic carboxylic acids is 1. The van der Waals surface area contributed by atoms with Gasteiger partial charge in [0.2, 0.25) is 10.0 Å². The monoisotopic (exact) mass is 293 g/mol. The molecule has 0 aliphatic carbocycles. The third kappa shape index (κ3) is 5.15. The summed E-state index contributed by atoms with van der Waals surface area (Å²) in [6.07, 6.45) is 1.25. The normalized spacial score (nSPS) is 21.0. The maximum Gasteiger partial charge on any atom is 0.322 e. The zero-order chi connectivity index (χ0) is 14.5. The molecule has 1 atom stereocenters. The van der Waals surface area contributed by atoms with Gasteiger partial charge in [-0.05, 0) is 25.7 Å². The number of carbonyl (C=O) groups excluding carboxylic acids is 1. The number of carbonyl (C=O) groups is 2. The number of esters is 1. The predicted octanol–water partition coefficient (Wildman–Crippen LogP) is 0.0660. The molecule has 1 rings (SSSR count). The van der Waals surface area contributed by atoms with Crippen LogP contribution in [0, 0.1) is 5.92 Å². The molecule has 1 heterocycles. The average Bonchev–Trinajstić information content (AvgIpc) is 2.28. The van der Waals surface area contributed by atoms with Gasteiger partial charge in [0.05, 0.1) is 6.61 Å². The van der Waals surface area contributed by atoms with Gasteiger partial charge in [-0.2, -0.15) is 0 Å². The number of carboxylic acid groups (broad SMARTS) is 1. The van der Waals surface area contributed by atoms with Crippen LogP contribution in [-0.2, 0) is 24.3 Å². The van der Waals surface area contributed by atoms with Gasteiger partial charge in [-0.25, -0.2) is 12.7 Å². The predicted molar refractivity (Wildman–Crippen MR) is 67.0 cm³/mol. The van der Waals surface area contributed by atoms with E-state index in [2.05, 4.69) is 4.74 Å². The van der Waals surface area contributed by atoms with Crippen molar-refractivity contribution in [2.75, 3.05) is 25.4 Å². The molecule has 7 nitrogen and oxygen atoms in total. The number of ether oxygens (including phenoxy) is 1. The van der Waals surface area contributed by atoms with Crippen LogP contribution in [0.15, 0.2) is 0 Å². The van der Waals surface area contributed by atoms with Crippen LogP contribution in [0.3, 0.4) is 0 Å². The molecule has 1 N–H and O–H groups in total. The largest absolute Gasteiger partial charge is 0.481 e. The SMILES string of the molecule is CCOC(=O)CS(=O)(=O)N1CCCC(CC(=O)O)C1. The molecular weight excluding hydrogens is 274 g/mol. The first-order valence-electron chi connectivity index (χ1n) is 6.20. The Morgan fingerprint density at radius 1 is 1.42 bits per heavy atom. The second kappa shape index (κ2) is 6.85. The van der Waals surface area contributed by atoms with Gasteiger partial charge in [-0.15, -0.1) is 0 Å². The van der Waals surface area contributed by atoms with Gasteiger partial charge >= 0.3 is 11.9 Å². The summed E-state index contributed by atoms with van der Waals surface area (Å²) in [6, 6.07) is 0. The number of nitrogens with zero attached hydrogens (tertiary/aromatic N) is 1. The van der Waals surface area contributed by atoms with Crippen LogP contribution in [0.4, 0.5) is 0 Å². The Morgan fingerprint density at radius 2 is 2.11 bits per heavy atom. The Bertz CT molecular complexity index is 432. The average molecular weight is 293 g/mol. The van der Waals surface area contributed by atoms with Gasteiger partial charge in [0.1, 0.15) is 0 Å². The lowest BCUT2D eigenvalue weighted by molar-refractivity contribution is -0.140. The van der Waals surface area contributed by atoms with Crippen molar-refractivity contribution < 1.29 is 27.9 Å². The lowest BCUT2D eigenvalue weighted by Gasteiger charge is -2.30. The van der Waals surface area contributed by atoms with E-state index in [0.29, 0.717) is 19.4 Å². The van der Waals surface area contributed by atoms with Gasteiger partial charge in [-0.1, -0.05) is 0 Å². The number of hydrogen-bond donors (Lipinski definition) is 1. The van der Waals surface area contributed by atoms with Crippen molar-refractivity contribution in [2.45, 2.75) is 26.2 Å². The van der Waals surface area contributed by atoms with Gasteiger partial charge < -0.3 is 9.84 Å². The molecule has 1 fully saturated rings. The number of sulfonamides is 1. The zero-order valence-corrected chi connectivity index (χ0v) is 11.7. The van der Waals surface area contributed by atoms with Gasteiger partial charge in [0.25, 0.3) is 0 Å². The highest BCUT2D eigenvalue weighted by atomic mass is 32.2. The second-order valence-corrected chi connectivity index (χ2v) is 6.49. The fourth-order valence-corrected chi connectivity index (χ4v) is 3.54. The summed E-state index contributed by atoms with van der Waals surface area (Å²) in [6.45, 7) is 2.23. The topological polar surface area (TPSA) is 101 Å². The summed E-state index contributed by atoms with van der Waals surface area (Å²) in [5.41, 5.74) is 0. The molecule has 1 aliphatic rings. The minimum Gasteiger partial charge on any atom is -0.481 e. The van der Waals surface area contributed by atoms with Gasteiger partial charge in [0.15, 0.2) is 5.75 Å². The molecule has 1 unspecified atom stereocenters. The summed E-state index contributed by atoms with van der Waals surface area (Å²) in [5.74, 6) is -2.58. The van der Waals surface area contributed by atoms with Crippen LogP contribution in [0.5, 0.6) is 0 Å². The Balaban J connectivity index is 2.62. The summed E-state index contributed by atoms with van der Waals surface area (Å²) in [4.78, 5) is 21.9. The number of rotatable bonds is 6. The third-order valence-electron chi connectivity index (χ3n) is 2.94. The highest BCUT2D eigenvalue weighted by molar-refractivity contribution is 7.89. The van der Waals surface area contributed by atoms with Crippen LogP contribution < -0.4 is 0 Å². The Morgan fingerprint density at radius 3 is 2.68 bits per heavy atom. The molecule has 1 saturated heterocycles. The number of carboxylic acids is 1. The van der Waals surface area contributed by atoms with Gasteiger partial charge in [-0.3, -0.25) is 9.59 Å². The summed E-state index contributed by atoms with van der Waals surface area (Å²) in [7, 11) is -3.71. The highest BCUT2D eigenvalue weighted by Gasteiger charge is 2.31. The smallest absolute Gasteiger partial charge is 0.322 e. The molecule has 0 aromatic carbocycles. The van der Waals surface area contributed by atoms with E-state index in [0.717, 1.165) is 0 Å². The molecule has 8 heteroatoms.